The molecule has 3 heteroatoms. The minimum atomic E-state index is 0.530. The summed E-state index contributed by atoms with van der Waals surface area (Å²) in [4.78, 5) is 4.37. The number of likely N-dealkylation sites (N-methyl/N-ethyl adjacent to an activating group) is 1. The van der Waals surface area contributed by atoms with Crippen LogP contribution in [-0.2, 0) is 6.42 Å². The van der Waals surface area contributed by atoms with Gasteiger partial charge in [0, 0.05) is 18.9 Å². The van der Waals surface area contributed by atoms with Gasteiger partial charge in [-0.15, -0.1) is 0 Å². The summed E-state index contributed by atoms with van der Waals surface area (Å²) in [7, 11) is 0. The van der Waals surface area contributed by atoms with Crippen molar-refractivity contribution in [2.24, 2.45) is 0 Å². The summed E-state index contributed by atoms with van der Waals surface area (Å²) < 4.78 is 5.85. The lowest BCUT2D eigenvalue weighted by molar-refractivity contribution is 0.449. The average molecular weight is 256 g/mol. The van der Waals surface area contributed by atoms with Crippen molar-refractivity contribution in [3.8, 4) is 0 Å². The van der Waals surface area contributed by atoms with Gasteiger partial charge in [0.1, 0.15) is 5.76 Å². The van der Waals surface area contributed by atoms with E-state index >= 15 is 0 Å². The van der Waals surface area contributed by atoms with Crippen molar-refractivity contribution in [1.29, 1.82) is 0 Å². The predicted molar refractivity (Wildman–Crippen MR) is 75.3 cm³/mol. The number of rotatable bonds is 6. The van der Waals surface area contributed by atoms with Crippen molar-refractivity contribution in [2.75, 3.05) is 13.1 Å². The van der Waals surface area contributed by atoms with Crippen LogP contribution in [0.2, 0.25) is 0 Å². The molecular weight excluding hydrogens is 236 g/mol. The molecule has 0 amide bonds. The normalized spacial score (nSPS) is 21.5. The molecule has 0 saturated heterocycles. The van der Waals surface area contributed by atoms with E-state index in [4.69, 9.17) is 4.42 Å². The van der Waals surface area contributed by atoms with Gasteiger partial charge in [-0.2, -0.15) is 0 Å². The smallest absolute Gasteiger partial charge is 0.195 e. The Hall–Kier alpha value is -1.61. The standard InChI is InChI=1S/C16H20N2O/c1-2-17-9-8-16-18-11-15(19-16)14-10-13(14)12-6-4-3-5-7-12/h3-7,11,13-14,17H,2,8-10H2,1H3. The molecule has 1 aliphatic carbocycles. The van der Waals surface area contributed by atoms with Crippen LogP contribution in [-0.4, -0.2) is 18.1 Å². The molecule has 1 N–H and O–H groups in total. The zero-order chi connectivity index (χ0) is 13.1. The quantitative estimate of drug-likeness (QED) is 0.807. The molecule has 1 aromatic heterocycles. The second-order valence-electron chi connectivity index (χ2n) is 5.12. The molecule has 1 fully saturated rings. The molecule has 1 aliphatic rings. The van der Waals surface area contributed by atoms with Crippen LogP contribution < -0.4 is 5.32 Å². The Kier molecular flexibility index (Phi) is 3.65. The fourth-order valence-corrected chi connectivity index (χ4v) is 2.56. The maximum absolute atomic E-state index is 5.85. The Morgan fingerprint density at radius 1 is 1.26 bits per heavy atom. The number of benzene rings is 1. The molecule has 1 saturated carbocycles. The first-order valence-electron chi connectivity index (χ1n) is 7.08. The van der Waals surface area contributed by atoms with Gasteiger partial charge < -0.3 is 9.73 Å². The summed E-state index contributed by atoms with van der Waals surface area (Å²) in [5.74, 6) is 3.06. The predicted octanol–water partition coefficient (Wildman–Crippen LogP) is 3.10. The first kappa shape index (κ1) is 12.4. The van der Waals surface area contributed by atoms with Gasteiger partial charge in [0.05, 0.1) is 6.20 Å². The van der Waals surface area contributed by atoms with E-state index in [-0.39, 0.29) is 0 Å². The highest BCUT2D eigenvalue weighted by molar-refractivity contribution is 5.31. The number of hydrogen-bond donors (Lipinski definition) is 1. The third-order valence-corrected chi connectivity index (χ3v) is 3.72. The molecule has 0 spiro atoms. The van der Waals surface area contributed by atoms with Crippen LogP contribution >= 0.6 is 0 Å². The Morgan fingerprint density at radius 2 is 2.11 bits per heavy atom. The Balaban J connectivity index is 1.59. The summed E-state index contributed by atoms with van der Waals surface area (Å²) in [5, 5.41) is 3.29. The van der Waals surface area contributed by atoms with E-state index in [9.17, 15) is 0 Å². The zero-order valence-electron chi connectivity index (χ0n) is 11.3. The highest BCUT2D eigenvalue weighted by atomic mass is 16.4. The molecule has 1 heterocycles. The van der Waals surface area contributed by atoms with Crippen LogP contribution in [0.5, 0.6) is 0 Å². The van der Waals surface area contributed by atoms with Crippen LogP contribution in [0.3, 0.4) is 0 Å². The van der Waals surface area contributed by atoms with Gasteiger partial charge in [-0.25, -0.2) is 4.98 Å². The van der Waals surface area contributed by atoms with Gasteiger partial charge in [-0.05, 0) is 24.4 Å². The van der Waals surface area contributed by atoms with Crippen LogP contribution in [0.4, 0.5) is 0 Å². The highest BCUT2D eigenvalue weighted by Gasteiger charge is 2.41. The van der Waals surface area contributed by atoms with Gasteiger partial charge in [-0.1, -0.05) is 37.3 Å². The van der Waals surface area contributed by atoms with Gasteiger partial charge >= 0.3 is 0 Å². The molecule has 1 aromatic carbocycles. The fraction of sp³-hybridized carbons (Fsp3) is 0.438. The molecule has 3 nitrogen and oxygen atoms in total. The molecule has 100 valence electrons. The third kappa shape index (κ3) is 2.87. The average Bonchev–Trinajstić information content (AvgIpc) is 3.12. The summed E-state index contributed by atoms with van der Waals surface area (Å²) in [6.45, 7) is 4.03. The minimum absolute atomic E-state index is 0.530. The summed E-state index contributed by atoms with van der Waals surface area (Å²) in [6.07, 6.45) is 3.97. The number of aromatic nitrogens is 1. The monoisotopic (exact) mass is 256 g/mol. The first-order valence-corrected chi connectivity index (χ1v) is 7.08. The Morgan fingerprint density at radius 3 is 2.89 bits per heavy atom. The third-order valence-electron chi connectivity index (χ3n) is 3.72. The Labute approximate surface area is 114 Å². The zero-order valence-corrected chi connectivity index (χ0v) is 11.3. The number of oxazole rings is 1. The lowest BCUT2D eigenvalue weighted by Gasteiger charge is -1.98. The van der Waals surface area contributed by atoms with E-state index < -0.39 is 0 Å². The molecule has 2 aromatic rings. The van der Waals surface area contributed by atoms with Crippen molar-refractivity contribution in [3.05, 3.63) is 53.7 Å². The summed E-state index contributed by atoms with van der Waals surface area (Å²) >= 11 is 0. The van der Waals surface area contributed by atoms with Crippen molar-refractivity contribution >= 4 is 0 Å². The van der Waals surface area contributed by atoms with Gasteiger partial charge in [0.2, 0.25) is 0 Å². The van der Waals surface area contributed by atoms with E-state index in [1.54, 1.807) is 0 Å². The van der Waals surface area contributed by atoms with E-state index in [0.29, 0.717) is 11.8 Å². The molecule has 2 atom stereocenters. The lowest BCUT2D eigenvalue weighted by Crippen LogP contribution is -2.16. The first-order chi connectivity index (χ1) is 9.38. The number of nitrogens with one attached hydrogen (secondary N) is 1. The maximum atomic E-state index is 5.85. The fourth-order valence-electron chi connectivity index (χ4n) is 2.56. The second kappa shape index (κ2) is 5.57. The van der Waals surface area contributed by atoms with E-state index in [0.717, 1.165) is 31.2 Å². The molecule has 3 rings (SSSR count). The number of hydrogen-bond acceptors (Lipinski definition) is 3. The largest absolute Gasteiger partial charge is 0.445 e. The Bertz CT molecular complexity index is 521. The van der Waals surface area contributed by atoms with E-state index in [1.807, 2.05) is 6.20 Å². The second-order valence-corrected chi connectivity index (χ2v) is 5.12. The van der Waals surface area contributed by atoms with Crippen LogP contribution in [0.25, 0.3) is 0 Å². The topological polar surface area (TPSA) is 38.1 Å². The van der Waals surface area contributed by atoms with Crippen molar-refractivity contribution < 1.29 is 4.42 Å². The van der Waals surface area contributed by atoms with Crippen molar-refractivity contribution in [1.82, 2.24) is 10.3 Å². The summed E-state index contributed by atoms with van der Waals surface area (Å²) in [6, 6.07) is 10.7. The van der Waals surface area contributed by atoms with Crippen molar-refractivity contribution in [3.63, 3.8) is 0 Å². The van der Waals surface area contributed by atoms with Gasteiger partial charge in [0.15, 0.2) is 5.89 Å². The molecule has 0 aliphatic heterocycles. The maximum Gasteiger partial charge on any atom is 0.195 e. The molecule has 19 heavy (non-hydrogen) atoms. The van der Waals surface area contributed by atoms with Crippen LogP contribution in [0, 0.1) is 0 Å². The van der Waals surface area contributed by atoms with Crippen LogP contribution in [0.1, 0.15) is 42.4 Å². The SMILES string of the molecule is CCNCCc1ncc(C2CC2c2ccccc2)o1. The van der Waals surface area contributed by atoms with E-state index in [2.05, 4.69) is 47.6 Å². The summed E-state index contributed by atoms with van der Waals surface area (Å²) in [5.41, 5.74) is 1.41. The minimum Gasteiger partial charge on any atom is -0.445 e. The highest BCUT2D eigenvalue weighted by Crippen LogP contribution is 2.54. The van der Waals surface area contributed by atoms with Gasteiger partial charge in [0.25, 0.3) is 0 Å². The van der Waals surface area contributed by atoms with Gasteiger partial charge in [-0.3, -0.25) is 0 Å². The molecule has 2 unspecified atom stereocenters. The lowest BCUT2D eigenvalue weighted by atomic mass is 10.1. The molecular formula is C16H20N2O. The number of nitrogens with zero attached hydrogens (tertiary/aromatic N) is 1. The van der Waals surface area contributed by atoms with E-state index in [1.165, 1.54) is 12.0 Å². The molecule has 0 bridgehead atoms. The molecule has 0 radical (unpaired) electrons. The van der Waals surface area contributed by atoms with Crippen molar-refractivity contribution in [2.45, 2.75) is 31.6 Å². The van der Waals surface area contributed by atoms with Crippen LogP contribution in [0.15, 0.2) is 40.9 Å².